The van der Waals surface area contributed by atoms with E-state index in [1.807, 2.05) is 18.2 Å². The molecular formula is C21H26N2O3. The normalized spacial score (nSPS) is 34.2. The minimum absolute atomic E-state index is 0.000823. The number of anilines is 2. The zero-order chi connectivity index (χ0) is 17.9. The quantitative estimate of drug-likeness (QED) is 0.883. The van der Waals surface area contributed by atoms with Crippen molar-refractivity contribution in [1.29, 1.82) is 0 Å². The first-order valence-corrected chi connectivity index (χ1v) is 9.89. The van der Waals surface area contributed by atoms with Gasteiger partial charge in [-0.05, 0) is 74.5 Å². The fraction of sp³-hybridized carbons (Fsp3) is 0.619. The first-order valence-electron chi connectivity index (χ1n) is 9.89. The first-order chi connectivity index (χ1) is 12.5. The summed E-state index contributed by atoms with van der Waals surface area (Å²) in [6.45, 7) is 2.62. The van der Waals surface area contributed by atoms with Gasteiger partial charge >= 0.3 is 0 Å². The summed E-state index contributed by atoms with van der Waals surface area (Å²) in [6, 6.07) is 5.63. The van der Waals surface area contributed by atoms with Crippen molar-refractivity contribution in [2.24, 2.45) is 23.2 Å². The van der Waals surface area contributed by atoms with E-state index in [2.05, 4.69) is 5.32 Å². The SMILES string of the molecule is CC(=O)N1CCOc2ccc(NC(=O)C34CC5CC(CC(C5)C3)C4)cc21. The Labute approximate surface area is 154 Å². The zero-order valence-electron chi connectivity index (χ0n) is 15.3. The van der Waals surface area contributed by atoms with Gasteiger partial charge in [0.2, 0.25) is 11.8 Å². The van der Waals surface area contributed by atoms with Crippen LogP contribution in [0.1, 0.15) is 45.4 Å². The Morgan fingerprint density at radius 1 is 1.12 bits per heavy atom. The van der Waals surface area contributed by atoms with Crippen LogP contribution in [0.2, 0.25) is 0 Å². The Kier molecular flexibility index (Phi) is 3.56. The molecule has 4 bridgehead atoms. The predicted molar refractivity (Wildman–Crippen MR) is 99.2 cm³/mol. The van der Waals surface area contributed by atoms with Gasteiger partial charge in [-0.3, -0.25) is 9.59 Å². The molecular weight excluding hydrogens is 328 g/mol. The van der Waals surface area contributed by atoms with Crippen LogP contribution in [0, 0.1) is 23.2 Å². The number of fused-ring (bicyclic) bond motifs is 1. The summed E-state index contributed by atoms with van der Waals surface area (Å²) < 4.78 is 5.66. The fourth-order valence-electron chi connectivity index (χ4n) is 6.27. The molecule has 26 heavy (non-hydrogen) atoms. The number of amides is 2. The molecule has 1 aromatic carbocycles. The number of ether oxygens (including phenoxy) is 1. The van der Waals surface area contributed by atoms with Gasteiger partial charge in [-0.1, -0.05) is 0 Å². The molecule has 0 spiro atoms. The van der Waals surface area contributed by atoms with Crippen LogP contribution in [0.5, 0.6) is 5.75 Å². The van der Waals surface area contributed by atoms with Gasteiger partial charge in [-0.15, -0.1) is 0 Å². The summed E-state index contributed by atoms with van der Waals surface area (Å²) in [5.41, 5.74) is 1.36. The topological polar surface area (TPSA) is 58.6 Å². The molecule has 5 heteroatoms. The van der Waals surface area contributed by atoms with E-state index in [9.17, 15) is 9.59 Å². The van der Waals surface area contributed by atoms with Gasteiger partial charge in [0.1, 0.15) is 12.4 Å². The molecule has 5 nitrogen and oxygen atoms in total. The van der Waals surface area contributed by atoms with Crippen molar-refractivity contribution in [2.45, 2.75) is 45.4 Å². The van der Waals surface area contributed by atoms with Crippen molar-refractivity contribution in [2.75, 3.05) is 23.4 Å². The highest BCUT2D eigenvalue weighted by atomic mass is 16.5. The smallest absolute Gasteiger partial charge is 0.230 e. The van der Waals surface area contributed by atoms with Crippen molar-refractivity contribution >= 4 is 23.2 Å². The lowest BCUT2D eigenvalue weighted by atomic mass is 9.49. The predicted octanol–water partition coefficient (Wildman–Crippen LogP) is 3.59. The molecule has 138 valence electrons. The van der Waals surface area contributed by atoms with E-state index in [-0.39, 0.29) is 17.2 Å². The van der Waals surface area contributed by atoms with Gasteiger partial charge in [0.15, 0.2) is 0 Å². The van der Waals surface area contributed by atoms with E-state index in [0.717, 1.165) is 48.4 Å². The summed E-state index contributed by atoms with van der Waals surface area (Å²) in [5, 5.41) is 3.18. The lowest BCUT2D eigenvalue weighted by Crippen LogP contribution is -2.51. The monoisotopic (exact) mass is 354 g/mol. The van der Waals surface area contributed by atoms with Crippen LogP contribution in [0.4, 0.5) is 11.4 Å². The molecule has 1 aliphatic heterocycles. The third-order valence-corrected chi connectivity index (χ3v) is 6.98. The van der Waals surface area contributed by atoms with Gasteiger partial charge < -0.3 is 15.0 Å². The van der Waals surface area contributed by atoms with Crippen LogP contribution < -0.4 is 15.0 Å². The molecule has 0 radical (unpaired) electrons. The maximum absolute atomic E-state index is 13.2. The number of nitrogens with one attached hydrogen (secondary N) is 1. The van der Waals surface area contributed by atoms with Crippen molar-refractivity contribution in [3.8, 4) is 5.75 Å². The van der Waals surface area contributed by atoms with Crippen LogP contribution in [0.15, 0.2) is 18.2 Å². The van der Waals surface area contributed by atoms with Crippen LogP contribution >= 0.6 is 0 Å². The van der Waals surface area contributed by atoms with Crippen LogP contribution in [0.25, 0.3) is 0 Å². The maximum atomic E-state index is 13.2. The van der Waals surface area contributed by atoms with Crippen molar-refractivity contribution in [3.63, 3.8) is 0 Å². The maximum Gasteiger partial charge on any atom is 0.230 e. The molecule has 5 aliphatic rings. The average molecular weight is 354 g/mol. The molecule has 6 rings (SSSR count). The second-order valence-corrected chi connectivity index (χ2v) is 8.85. The summed E-state index contributed by atoms with van der Waals surface area (Å²) in [6.07, 6.45) is 7.15. The van der Waals surface area contributed by atoms with Crippen LogP contribution in [-0.4, -0.2) is 25.0 Å². The third-order valence-electron chi connectivity index (χ3n) is 6.98. The highest BCUT2D eigenvalue weighted by molar-refractivity contribution is 5.98. The Bertz CT molecular complexity index is 737. The number of nitrogens with zero attached hydrogens (tertiary/aromatic N) is 1. The van der Waals surface area contributed by atoms with Crippen molar-refractivity contribution in [3.05, 3.63) is 18.2 Å². The Morgan fingerprint density at radius 3 is 2.38 bits per heavy atom. The highest BCUT2D eigenvalue weighted by Crippen LogP contribution is 2.60. The van der Waals surface area contributed by atoms with E-state index < -0.39 is 0 Å². The number of hydrogen-bond acceptors (Lipinski definition) is 3. The molecule has 0 atom stereocenters. The highest BCUT2D eigenvalue weighted by Gasteiger charge is 2.54. The van der Waals surface area contributed by atoms with Crippen molar-refractivity contribution < 1.29 is 14.3 Å². The summed E-state index contributed by atoms with van der Waals surface area (Å²) in [5.74, 6) is 3.13. The molecule has 4 aliphatic carbocycles. The summed E-state index contributed by atoms with van der Waals surface area (Å²) in [4.78, 5) is 26.9. The van der Waals surface area contributed by atoms with Gasteiger partial charge in [0, 0.05) is 12.6 Å². The molecule has 1 heterocycles. The Morgan fingerprint density at radius 2 is 1.77 bits per heavy atom. The van der Waals surface area contributed by atoms with E-state index in [0.29, 0.717) is 18.9 Å². The fourth-order valence-corrected chi connectivity index (χ4v) is 6.27. The molecule has 1 aromatic rings. The molecule has 4 fully saturated rings. The van der Waals surface area contributed by atoms with Crippen molar-refractivity contribution in [1.82, 2.24) is 0 Å². The Balaban J connectivity index is 1.39. The number of benzene rings is 1. The number of carbonyl (C=O) groups is 2. The standard InChI is InChI=1S/C21H26N2O3/c1-13(24)23-4-5-26-19-3-2-17(9-18(19)23)22-20(25)21-10-14-6-15(11-21)8-16(7-14)12-21/h2-3,9,14-16H,4-8,10-12H2,1H3,(H,22,25). The second kappa shape index (κ2) is 5.73. The van der Waals surface area contributed by atoms with Gasteiger partial charge in [-0.25, -0.2) is 0 Å². The van der Waals surface area contributed by atoms with E-state index >= 15 is 0 Å². The first kappa shape index (κ1) is 16.2. The lowest BCUT2D eigenvalue weighted by molar-refractivity contribution is -0.140. The van der Waals surface area contributed by atoms with Crippen LogP contribution in [0.3, 0.4) is 0 Å². The Hall–Kier alpha value is -2.04. The minimum Gasteiger partial charge on any atom is -0.490 e. The summed E-state index contributed by atoms with van der Waals surface area (Å²) in [7, 11) is 0. The minimum atomic E-state index is -0.165. The number of carbonyl (C=O) groups excluding carboxylic acids is 2. The van der Waals surface area contributed by atoms with Gasteiger partial charge in [-0.2, -0.15) is 0 Å². The molecule has 0 unspecified atom stereocenters. The van der Waals surface area contributed by atoms with E-state index in [1.54, 1.807) is 11.8 Å². The third kappa shape index (κ3) is 2.51. The largest absolute Gasteiger partial charge is 0.490 e. The zero-order valence-corrected chi connectivity index (χ0v) is 15.3. The lowest BCUT2D eigenvalue weighted by Gasteiger charge is -2.55. The van der Waals surface area contributed by atoms with E-state index in [1.165, 1.54) is 19.3 Å². The second-order valence-electron chi connectivity index (χ2n) is 8.85. The van der Waals surface area contributed by atoms with Gasteiger partial charge in [0.25, 0.3) is 0 Å². The molecule has 2 amide bonds. The van der Waals surface area contributed by atoms with E-state index in [4.69, 9.17) is 4.74 Å². The average Bonchev–Trinajstić information content (AvgIpc) is 2.60. The molecule has 1 N–H and O–H groups in total. The molecule has 4 saturated carbocycles. The molecule has 0 aromatic heterocycles. The summed E-state index contributed by atoms with van der Waals surface area (Å²) >= 11 is 0. The number of hydrogen-bond donors (Lipinski definition) is 1. The van der Waals surface area contributed by atoms with Gasteiger partial charge in [0.05, 0.1) is 17.6 Å². The number of rotatable bonds is 2. The molecule has 0 saturated heterocycles. The van der Waals surface area contributed by atoms with Crippen LogP contribution in [-0.2, 0) is 9.59 Å².